The highest BCUT2D eigenvalue weighted by Crippen LogP contribution is 2.60. The standard InChI is InChI=1S/C15H12ClF3N4O/c16-11-5-7(1-2-10(11)14(3-4-14)15(17,18)19)12(24)8-6-9(8)13-20-22-23-21-13/h1-2,5,8-9H,3-4,6H2,(H,20,21,22,23)/t8-,9-/m0/s1. The molecule has 24 heavy (non-hydrogen) atoms. The normalized spacial score (nSPS) is 24.7. The molecule has 1 aromatic carbocycles. The number of H-pyrrole nitrogens is 1. The number of tetrazole rings is 1. The van der Waals surface area contributed by atoms with E-state index in [1.54, 1.807) is 0 Å². The second-order valence-corrected chi connectivity index (χ2v) is 6.76. The van der Waals surface area contributed by atoms with Crippen molar-refractivity contribution in [1.82, 2.24) is 20.6 Å². The van der Waals surface area contributed by atoms with Crippen molar-refractivity contribution in [3.63, 3.8) is 0 Å². The summed E-state index contributed by atoms with van der Waals surface area (Å²) in [4.78, 5) is 12.5. The molecule has 0 amide bonds. The minimum atomic E-state index is -4.33. The van der Waals surface area contributed by atoms with Crippen LogP contribution in [0.15, 0.2) is 18.2 Å². The maximum atomic E-state index is 13.2. The zero-order valence-electron chi connectivity index (χ0n) is 12.3. The first-order valence-electron chi connectivity index (χ1n) is 7.48. The SMILES string of the molecule is O=C(c1ccc(C2(C(F)(F)F)CC2)c(Cl)c1)[C@H]1C[C@@H]1c1nn[nH]n1. The van der Waals surface area contributed by atoms with Crippen molar-refractivity contribution in [2.75, 3.05) is 0 Å². The summed E-state index contributed by atoms with van der Waals surface area (Å²) in [6.45, 7) is 0. The lowest BCUT2D eigenvalue weighted by molar-refractivity contribution is -0.160. The van der Waals surface area contributed by atoms with Crippen LogP contribution in [0.2, 0.25) is 5.02 Å². The Bertz CT molecular complexity index is 802. The average Bonchev–Trinajstić information content (AvgIpc) is 3.44. The number of halogens is 4. The highest BCUT2D eigenvalue weighted by atomic mass is 35.5. The number of nitrogens with one attached hydrogen (secondary N) is 1. The van der Waals surface area contributed by atoms with Crippen LogP contribution in [0.4, 0.5) is 13.2 Å². The van der Waals surface area contributed by atoms with Crippen molar-refractivity contribution in [1.29, 1.82) is 0 Å². The Morgan fingerprint density at radius 2 is 2.08 bits per heavy atom. The van der Waals surface area contributed by atoms with Crippen molar-refractivity contribution < 1.29 is 18.0 Å². The molecule has 2 atom stereocenters. The molecule has 0 unspecified atom stereocenters. The van der Waals surface area contributed by atoms with E-state index >= 15 is 0 Å². The number of hydrogen-bond acceptors (Lipinski definition) is 4. The van der Waals surface area contributed by atoms with Crippen LogP contribution in [0.1, 0.15) is 46.9 Å². The Labute approximate surface area is 139 Å². The fourth-order valence-corrected chi connectivity index (χ4v) is 3.56. The van der Waals surface area contributed by atoms with Gasteiger partial charge in [-0.1, -0.05) is 28.9 Å². The molecule has 126 valence electrons. The number of Topliss-reactive ketones (excluding diaryl/α,β-unsaturated/α-hetero) is 1. The molecule has 0 aliphatic heterocycles. The quantitative estimate of drug-likeness (QED) is 0.852. The minimum absolute atomic E-state index is 0.00700. The molecule has 0 saturated heterocycles. The van der Waals surface area contributed by atoms with E-state index in [4.69, 9.17) is 11.6 Å². The molecule has 1 N–H and O–H groups in total. The van der Waals surface area contributed by atoms with Gasteiger partial charge < -0.3 is 0 Å². The summed E-state index contributed by atoms with van der Waals surface area (Å²) in [7, 11) is 0. The van der Waals surface area contributed by atoms with Gasteiger partial charge in [-0.15, -0.1) is 10.2 Å². The number of nitrogens with zero attached hydrogens (tertiary/aromatic N) is 3. The molecule has 0 radical (unpaired) electrons. The van der Waals surface area contributed by atoms with Crippen LogP contribution in [0.3, 0.4) is 0 Å². The lowest BCUT2D eigenvalue weighted by atomic mass is 9.93. The molecule has 2 fully saturated rings. The third-order valence-electron chi connectivity index (χ3n) is 4.88. The molecule has 1 aromatic heterocycles. The van der Waals surface area contributed by atoms with E-state index in [2.05, 4.69) is 20.6 Å². The van der Waals surface area contributed by atoms with E-state index in [0.29, 0.717) is 17.8 Å². The predicted molar refractivity (Wildman–Crippen MR) is 77.8 cm³/mol. The van der Waals surface area contributed by atoms with Gasteiger partial charge in [-0.05, 0) is 30.9 Å². The maximum absolute atomic E-state index is 13.2. The van der Waals surface area contributed by atoms with Gasteiger partial charge in [-0.25, -0.2) is 0 Å². The van der Waals surface area contributed by atoms with Gasteiger partial charge in [0.15, 0.2) is 11.6 Å². The average molecular weight is 357 g/mol. The first-order valence-corrected chi connectivity index (χ1v) is 7.85. The second kappa shape index (κ2) is 5.02. The molecule has 1 heterocycles. The van der Waals surface area contributed by atoms with Gasteiger partial charge in [0, 0.05) is 22.4 Å². The number of ketones is 1. The molecular weight excluding hydrogens is 345 g/mol. The summed E-state index contributed by atoms with van der Waals surface area (Å²) < 4.78 is 39.7. The van der Waals surface area contributed by atoms with Crippen LogP contribution < -0.4 is 0 Å². The molecular formula is C15H12ClF3N4O. The molecule has 0 spiro atoms. The molecule has 9 heteroatoms. The van der Waals surface area contributed by atoms with Crippen molar-refractivity contribution in [2.45, 2.75) is 36.8 Å². The highest BCUT2D eigenvalue weighted by molar-refractivity contribution is 6.32. The smallest absolute Gasteiger partial charge is 0.294 e. The number of aromatic amines is 1. The molecule has 4 rings (SSSR count). The monoisotopic (exact) mass is 356 g/mol. The van der Waals surface area contributed by atoms with Gasteiger partial charge in [-0.3, -0.25) is 4.79 Å². The Hall–Kier alpha value is -1.96. The van der Waals surface area contributed by atoms with Crippen molar-refractivity contribution in [3.8, 4) is 0 Å². The summed E-state index contributed by atoms with van der Waals surface area (Å²) in [6, 6.07) is 4.11. The number of benzene rings is 1. The summed E-state index contributed by atoms with van der Waals surface area (Å²) in [6.07, 6.45) is -3.66. The number of alkyl halides is 3. The fraction of sp³-hybridized carbons (Fsp3) is 0.467. The largest absolute Gasteiger partial charge is 0.398 e. The number of carbonyl (C=O) groups is 1. The number of carbonyl (C=O) groups excluding carboxylic acids is 1. The summed E-state index contributed by atoms with van der Waals surface area (Å²) in [5.41, 5.74) is -1.48. The van der Waals surface area contributed by atoms with Gasteiger partial charge in [-0.2, -0.15) is 18.4 Å². The van der Waals surface area contributed by atoms with Crippen molar-refractivity contribution >= 4 is 17.4 Å². The van der Waals surface area contributed by atoms with Crippen LogP contribution in [0, 0.1) is 5.92 Å². The molecule has 0 bridgehead atoms. The second-order valence-electron chi connectivity index (χ2n) is 6.36. The molecule has 2 aromatic rings. The summed E-state index contributed by atoms with van der Waals surface area (Å²) in [5.74, 6) is -0.0538. The Kier molecular flexibility index (Phi) is 3.25. The molecule has 2 aliphatic carbocycles. The number of rotatable bonds is 4. The Morgan fingerprint density at radius 3 is 2.62 bits per heavy atom. The van der Waals surface area contributed by atoms with E-state index in [-0.39, 0.29) is 41.0 Å². The summed E-state index contributed by atoms with van der Waals surface area (Å²) >= 11 is 6.07. The van der Waals surface area contributed by atoms with Crippen molar-refractivity contribution in [3.05, 3.63) is 40.2 Å². The summed E-state index contributed by atoms with van der Waals surface area (Å²) in [5, 5.41) is 13.5. The third kappa shape index (κ3) is 2.31. The van der Waals surface area contributed by atoms with E-state index in [0.717, 1.165) is 0 Å². The zero-order valence-corrected chi connectivity index (χ0v) is 13.0. The molecule has 2 saturated carbocycles. The zero-order chi connectivity index (χ0) is 17.1. The van der Waals surface area contributed by atoms with Crippen LogP contribution in [-0.2, 0) is 5.41 Å². The first-order chi connectivity index (χ1) is 11.3. The lowest BCUT2D eigenvalue weighted by Crippen LogP contribution is -2.29. The first kappa shape index (κ1) is 15.6. The van der Waals surface area contributed by atoms with E-state index in [1.807, 2.05) is 0 Å². The van der Waals surface area contributed by atoms with Gasteiger partial charge in [0.1, 0.15) is 0 Å². The third-order valence-corrected chi connectivity index (χ3v) is 5.20. The van der Waals surface area contributed by atoms with Gasteiger partial charge in [0.2, 0.25) is 0 Å². The minimum Gasteiger partial charge on any atom is -0.294 e. The maximum Gasteiger partial charge on any atom is 0.398 e. The van der Waals surface area contributed by atoms with Crippen LogP contribution in [0.25, 0.3) is 0 Å². The van der Waals surface area contributed by atoms with Gasteiger partial charge in [0.05, 0.1) is 5.41 Å². The van der Waals surface area contributed by atoms with Crippen LogP contribution in [-0.4, -0.2) is 32.6 Å². The number of hydrogen-bond donors (Lipinski definition) is 1. The Balaban J connectivity index is 1.56. The Morgan fingerprint density at radius 1 is 1.33 bits per heavy atom. The van der Waals surface area contributed by atoms with Crippen LogP contribution >= 0.6 is 11.6 Å². The number of aromatic nitrogens is 4. The van der Waals surface area contributed by atoms with Gasteiger partial charge >= 0.3 is 6.18 Å². The predicted octanol–water partition coefficient (Wildman–Crippen LogP) is 3.43. The molecule has 5 nitrogen and oxygen atoms in total. The van der Waals surface area contributed by atoms with E-state index in [9.17, 15) is 18.0 Å². The van der Waals surface area contributed by atoms with E-state index in [1.165, 1.54) is 18.2 Å². The van der Waals surface area contributed by atoms with Gasteiger partial charge in [0.25, 0.3) is 0 Å². The van der Waals surface area contributed by atoms with Crippen molar-refractivity contribution in [2.24, 2.45) is 5.92 Å². The lowest BCUT2D eigenvalue weighted by Gasteiger charge is -2.21. The van der Waals surface area contributed by atoms with Crippen LogP contribution in [0.5, 0.6) is 0 Å². The fourth-order valence-electron chi connectivity index (χ4n) is 3.20. The topological polar surface area (TPSA) is 71.5 Å². The van der Waals surface area contributed by atoms with E-state index < -0.39 is 11.6 Å². The highest BCUT2D eigenvalue weighted by Gasteiger charge is 2.64. The molecule has 2 aliphatic rings.